The van der Waals surface area contributed by atoms with E-state index in [1.165, 1.54) is 24.8 Å². The van der Waals surface area contributed by atoms with Crippen LogP contribution in [0.5, 0.6) is 0 Å². The van der Waals surface area contributed by atoms with Gasteiger partial charge in [-0.2, -0.15) is 0 Å². The molecule has 0 spiro atoms. The van der Waals surface area contributed by atoms with Crippen LogP contribution in [-0.2, 0) is 11.2 Å². The van der Waals surface area contributed by atoms with Crippen molar-refractivity contribution >= 4 is 35.8 Å². The normalized spacial score (nSPS) is 15.3. The molecule has 2 rings (SSSR count). The minimum atomic E-state index is 0. The smallest absolute Gasteiger partial charge is 0.239 e. The highest BCUT2D eigenvalue weighted by Crippen LogP contribution is 2.17. The number of amides is 1. The van der Waals surface area contributed by atoms with E-state index in [9.17, 15) is 4.79 Å². The van der Waals surface area contributed by atoms with Crippen molar-refractivity contribution in [1.82, 2.24) is 16.0 Å². The fraction of sp³-hybridized carbons (Fsp3) is 0.556. The lowest BCUT2D eigenvalue weighted by Crippen LogP contribution is -2.46. The molecule has 0 aromatic heterocycles. The molecule has 1 fully saturated rings. The second-order valence-corrected chi connectivity index (χ2v) is 5.99. The van der Waals surface area contributed by atoms with Crippen LogP contribution in [0.1, 0.15) is 37.7 Å². The molecule has 1 aromatic carbocycles. The number of guanidine groups is 1. The van der Waals surface area contributed by atoms with Crippen LogP contribution < -0.4 is 16.0 Å². The first kappa shape index (κ1) is 20.7. The summed E-state index contributed by atoms with van der Waals surface area (Å²) in [5.41, 5.74) is 1.28. The summed E-state index contributed by atoms with van der Waals surface area (Å²) >= 11 is 0. The van der Waals surface area contributed by atoms with Gasteiger partial charge in [0.1, 0.15) is 0 Å². The summed E-state index contributed by atoms with van der Waals surface area (Å²) in [5.74, 6) is 0.711. The van der Waals surface area contributed by atoms with Crippen molar-refractivity contribution in [2.24, 2.45) is 4.99 Å². The fourth-order valence-corrected chi connectivity index (χ4v) is 2.88. The molecule has 3 N–H and O–H groups in total. The molecule has 0 aliphatic heterocycles. The highest BCUT2D eigenvalue weighted by atomic mass is 127. The minimum Gasteiger partial charge on any atom is -0.356 e. The molecule has 0 atom stereocenters. The van der Waals surface area contributed by atoms with Crippen molar-refractivity contribution in [3.63, 3.8) is 0 Å². The van der Waals surface area contributed by atoms with Crippen molar-refractivity contribution in [1.29, 1.82) is 0 Å². The summed E-state index contributed by atoms with van der Waals surface area (Å²) < 4.78 is 0. The number of hydrogen-bond acceptors (Lipinski definition) is 2. The molecule has 0 saturated heterocycles. The van der Waals surface area contributed by atoms with E-state index in [-0.39, 0.29) is 36.4 Å². The van der Waals surface area contributed by atoms with Gasteiger partial charge in [-0.25, -0.2) is 0 Å². The van der Waals surface area contributed by atoms with E-state index in [2.05, 4.69) is 33.1 Å². The number of benzene rings is 1. The average molecular weight is 444 g/mol. The van der Waals surface area contributed by atoms with Gasteiger partial charge >= 0.3 is 0 Å². The van der Waals surface area contributed by atoms with Gasteiger partial charge in [0, 0.05) is 19.6 Å². The van der Waals surface area contributed by atoms with Crippen molar-refractivity contribution in [3.05, 3.63) is 35.9 Å². The van der Waals surface area contributed by atoms with Gasteiger partial charge in [-0.1, -0.05) is 49.6 Å². The Hall–Kier alpha value is -1.31. The van der Waals surface area contributed by atoms with E-state index < -0.39 is 0 Å². The van der Waals surface area contributed by atoms with E-state index in [1.807, 2.05) is 18.2 Å². The third kappa shape index (κ3) is 7.99. The number of hydrogen-bond donors (Lipinski definition) is 3. The average Bonchev–Trinajstić information content (AvgIpc) is 2.59. The summed E-state index contributed by atoms with van der Waals surface area (Å²) in [6, 6.07) is 10.7. The number of carbonyl (C=O) groups excluding carboxylic acids is 1. The molecule has 1 amide bonds. The van der Waals surface area contributed by atoms with Crippen molar-refractivity contribution in [2.45, 2.75) is 44.6 Å². The van der Waals surface area contributed by atoms with E-state index in [4.69, 9.17) is 0 Å². The monoisotopic (exact) mass is 444 g/mol. The number of carbonyl (C=O) groups is 1. The molecule has 6 heteroatoms. The molecule has 1 saturated carbocycles. The molecular weight excluding hydrogens is 415 g/mol. The Bertz CT molecular complexity index is 501. The van der Waals surface area contributed by atoms with Crippen LogP contribution in [0.25, 0.3) is 0 Å². The summed E-state index contributed by atoms with van der Waals surface area (Å²) in [6.07, 6.45) is 6.88. The van der Waals surface area contributed by atoms with Crippen molar-refractivity contribution < 1.29 is 4.79 Å². The molecule has 1 aliphatic carbocycles. The standard InChI is InChI=1S/C18H28N4O.HI/c1-19-18(20-13-12-15-8-4-2-5-9-15)21-14-17(23)22-16-10-6-3-7-11-16;/h2,4-5,8-9,16H,3,6-7,10-14H2,1H3,(H,22,23)(H2,19,20,21);1H. The number of halogens is 1. The van der Waals surface area contributed by atoms with Crippen molar-refractivity contribution in [2.75, 3.05) is 20.1 Å². The zero-order chi connectivity index (χ0) is 16.3. The molecule has 0 unspecified atom stereocenters. The number of nitrogens with zero attached hydrogens (tertiary/aromatic N) is 1. The highest BCUT2D eigenvalue weighted by molar-refractivity contribution is 14.0. The first-order valence-electron chi connectivity index (χ1n) is 8.56. The van der Waals surface area contributed by atoms with Gasteiger partial charge in [0.2, 0.25) is 5.91 Å². The molecule has 5 nitrogen and oxygen atoms in total. The van der Waals surface area contributed by atoms with Crippen LogP contribution in [0.3, 0.4) is 0 Å². The Morgan fingerprint density at radius 2 is 1.83 bits per heavy atom. The molecule has 1 aromatic rings. The van der Waals surface area contributed by atoms with Gasteiger partial charge in [-0.3, -0.25) is 9.79 Å². The predicted octanol–water partition coefficient (Wildman–Crippen LogP) is 2.46. The lowest BCUT2D eigenvalue weighted by molar-refractivity contribution is -0.120. The van der Waals surface area contributed by atoms with Crippen LogP contribution in [0, 0.1) is 0 Å². The Morgan fingerprint density at radius 3 is 2.50 bits per heavy atom. The third-order valence-electron chi connectivity index (χ3n) is 4.16. The van der Waals surface area contributed by atoms with Gasteiger partial charge in [-0.05, 0) is 24.8 Å². The Kier molecular flexibility index (Phi) is 10.5. The zero-order valence-electron chi connectivity index (χ0n) is 14.4. The molecule has 24 heavy (non-hydrogen) atoms. The van der Waals surface area contributed by atoms with E-state index in [0.29, 0.717) is 12.0 Å². The van der Waals surface area contributed by atoms with Crippen molar-refractivity contribution in [3.8, 4) is 0 Å². The van der Waals surface area contributed by atoms with Crippen LogP contribution in [0.4, 0.5) is 0 Å². The fourth-order valence-electron chi connectivity index (χ4n) is 2.88. The highest BCUT2D eigenvalue weighted by Gasteiger charge is 2.15. The summed E-state index contributed by atoms with van der Waals surface area (Å²) in [7, 11) is 1.72. The van der Waals surface area contributed by atoms with Gasteiger partial charge in [-0.15, -0.1) is 24.0 Å². The lowest BCUT2D eigenvalue weighted by Gasteiger charge is -2.23. The first-order chi connectivity index (χ1) is 11.3. The first-order valence-corrected chi connectivity index (χ1v) is 8.56. The molecule has 134 valence electrons. The molecule has 1 aliphatic rings. The maximum absolute atomic E-state index is 12.0. The second-order valence-electron chi connectivity index (χ2n) is 5.99. The van der Waals surface area contributed by atoms with Crippen LogP contribution >= 0.6 is 24.0 Å². The van der Waals surface area contributed by atoms with E-state index >= 15 is 0 Å². The summed E-state index contributed by atoms with van der Waals surface area (Å²) in [5, 5.41) is 9.40. The van der Waals surface area contributed by atoms with Gasteiger partial charge in [0.25, 0.3) is 0 Å². The quantitative estimate of drug-likeness (QED) is 0.359. The minimum absolute atomic E-state index is 0. The van der Waals surface area contributed by atoms with Gasteiger partial charge < -0.3 is 16.0 Å². The number of aliphatic imine (C=N–C) groups is 1. The molecule has 0 bridgehead atoms. The van der Waals surface area contributed by atoms with Crippen LogP contribution in [-0.4, -0.2) is 38.0 Å². The Morgan fingerprint density at radius 1 is 1.12 bits per heavy atom. The zero-order valence-corrected chi connectivity index (χ0v) is 16.7. The Balaban J connectivity index is 0.00000288. The molecule has 0 heterocycles. The Labute approximate surface area is 162 Å². The van der Waals surface area contributed by atoms with Crippen LogP contribution in [0.15, 0.2) is 35.3 Å². The maximum Gasteiger partial charge on any atom is 0.239 e. The second kappa shape index (κ2) is 12.1. The third-order valence-corrected chi connectivity index (χ3v) is 4.16. The topological polar surface area (TPSA) is 65.5 Å². The molecule has 0 radical (unpaired) electrons. The summed E-state index contributed by atoms with van der Waals surface area (Å²) in [6.45, 7) is 1.05. The largest absolute Gasteiger partial charge is 0.356 e. The lowest BCUT2D eigenvalue weighted by atomic mass is 9.95. The number of nitrogens with one attached hydrogen (secondary N) is 3. The van der Waals surface area contributed by atoms with E-state index in [1.54, 1.807) is 7.05 Å². The summed E-state index contributed by atoms with van der Waals surface area (Å²) in [4.78, 5) is 16.1. The van der Waals surface area contributed by atoms with Gasteiger partial charge in [0.05, 0.1) is 6.54 Å². The number of rotatable bonds is 6. The molecular formula is C18H29IN4O. The van der Waals surface area contributed by atoms with E-state index in [0.717, 1.165) is 25.8 Å². The SMILES string of the molecule is CN=C(NCCc1ccccc1)NCC(=O)NC1CCCCC1.I. The van der Waals surface area contributed by atoms with Crippen LogP contribution in [0.2, 0.25) is 0 Å². The predicted molar refractivity (Wildman–Crippen MR) is 110 cm³/mol. The maximum atomic E-state index is 12.0. The van der Waals surface area contributed by atoms with Gasteiger partial charge in [0.15, 0.2) is 5.96 Å².